The van der Waals surface area contributed by atoms with Crippen molar-refractivity contribution < 1.29 is 4.79 Å². The van der Waals surface area contributed by atoms with E-state index in [0.717, 1.165) is 12.2 Å². The quantitative estimate of drug-likeness (QED) is 0.856. The van der Waals surface area contributed by atoms with Gasteiger partial charge in [0.15, 0.2) is 5.69 Å². The Kier molecular flexibility index (Phi) is 6.15. The maximum atomic E-state index is 12.7. The molecule has 1 N–H and O–H groups in total. The number of rotatable bonds is 2. The van der Waals surface area contributed by atoms with Crippen molar-refractivity contribution in [3.8, 4) is 5.69 Å². The monoisotopic (exact) mass is 388 g/mol. The maximum Gasteiger partial charge on any atom is 0.274 e. The summed E-state index contributed by atoms with van der Waals surface area (Å²) in [7, 11) is 0. The van der Waals surface area contributed by atoms with E-state index in [1.807, 2.05) is 17.9 Å². The summed E-state index contributed by atoms with van der Waals surface area (Å²) in [5.41, 5.74) is 1.19. The van der Waals surface area contributed by atoms with E-state index < -0.39 is 0 Å². The topological polar surface area (TPSA) is 50.2 Å². The number of nitrogens with one attached hydrogen (secondary N) is 1. The fourth-order valence-electron chi connectivity index (χ4n) is 2.70. The average Bonchev–Trinajstić information content (AvgIpc) is 3.02. The Morgan fingerprint density at radius 3 is 2.71 bits per heavy atom. The second kappa shape index (κ2) is 7.74. The van der Waals surface area contributed by atoms with E-state index in [0.29, 0.717) is 22.3 Å². The summed E-state index contributed by atoms with van der Waals surface area (Å²) in [6, 6.07) is 7.37. The fraction of sp³-hybridized carbons (Fsp3) is 0.375. The van der Waals surface area contributed by atoms with Crippen LogP contribution in [0.3, 0.4) is 0 Å². The molecule has 1 amide bonds. The van der Waals surface area contributed by atoms with Crippen molar-refractivity contribution >= 4 is 41.5 Å². The summed E-state index contributed by atoms with van der Waals surface area (Å²) in [5.74, 6) is -0.0512. The van der Waals surface area contributed by atoms with Crippen LogP contribution in [0.5, 0.6) is 0 Å². The van der Waals surface area contributed by atoms with E-state index in [4.69, 9.17) is 23.2 Å². The van der Waals surface area contributed by atoms with E-state index in [2.05, 4.69) is 17.3 Å². The molecule has 24 heavy (non-hydrogen) atoms. The Bertz CT molecular complexity index is 734. The molecule has 0 aliphatic carbocycles. The molecule has 8 heteroatoms. The average molecular weight is 390 g/mol. The molecule has 1 aromatic carbocycles. The summed E-state index contributed by atoms with van der Waals surface area (Å²) in [5, 5.41) is 8.70. The molecule has 130 valence electrons. The third-order valence-electron chi connectivity index (χ3n) is 4.27. The number of halogens is 3. The molecule has 2 atom stereocenters. The molecule has 0 radical (unpaired) electrons. The van der Waals surface area contributed by atoms with Crippen LogP contribution in [0.15, 0.2) is 30.5 Å². The van der Waals surface area contributed by atoms with Crippen molar-refractivity contribution in [1.29, 1.82) is 0 Å². The third kappa shape index (κ3) is 3.70. The first-order chi connectivity index (χ1) is 11.0. The molecule has 3 rings (SSSR count). The standard InChI is InChI=1S/C16H18Cl2N4O.ClH/c1-10-11(2)21(8-6-19-10)16(23)15-5-7-22(20-15)12-3-4-13(17)14(18)9-12;/h3-5,7,9-11,19H,6,8H2,1-2H3;1H. The number of carbonyl (C=O) groups excluding carboxylic acids is 1. The second-order valence-electron chi connectivity index (χ2n) is 5.73. The molecule has 1 fully saturated rings. The summed E-state index contributed by atoms with van der Waals surface area (Å²) in [6.45, 7) is 5.61. The van der Waals surface area contributed by atoms with E-state index in [1.54, 1.807) is 29.1 Å². The van der Waals surface area contributed by atoms with Crippen LogP contribution in [0, 0.1) is 0 Å². The van der Waals surface area contributed by atoms with Crippen molar-refractivity contribution in [3.05, 3.63) is 46.2 Å². The Balaban J connectivity index is 0.00000208. The minimum atomic E-state index is -0.0512. The van der Waals surface area contributed by atoms with Gasteiger partial charge in [0.25, 0.3) is 5.91 Å². The second-order valence-corrected chi connectivity index (χ2v) is 6.54. The van der Waals surface area contributed by atoms with Gasteiger partial charge in [-0.25, -0.2) is 4.68 Å². The number of nitrogens with zero attached hydrogens (tertiary/aromatic N) is 3. The van der Waals surface area contributed by atoms with Gasteiger partial charge in [-0.15, -0.1) is 12.4 Å². The third-order valence-corrected chi connectivity index (χ3v) is 5.01. The number of hydrogen-bond acceptors (Lipinski definition) is 3. The first-order valence-corrected chi connectivity index (χ1v) is 8.28. The van der Waals surface area contributed by atoms with Gasteiger partial charge in [-0.1, -0.05) is 23.2 Å². The number of amides is 1. The summed E-state index contributed by atoms with van der Waals surface area (Å²) in [4.78, 5) is 14.6. The molecule has 1 aromatic heterocycles. The number of aromatic nitrogens is 2. The van der Waals surface area contributed by atoms with Crippen molar-refractivity contribution in [3.63, 3.8) is 0 Å². The zero-order valence-electron chi connectivity index (χ0n) is 13.4. The van der Waals surface area contributed by atoms with Gasteiger partial charge in [0.1, 0.15) is 0 Å². The van der Waals surface area contributed by atoms with E-state index in [-0.39, 0.29) is 30.4 Å². The molecule has 1 aliphatic rings. The van der Waals surface area contributed by atoms with Gasteiger partial charge in [-0.3, -0.25) is 4.79 Å². The highest BCUT2D eigenvalue weighted by atomic mass is 35.5. The number of hydrogen-bond donors (Lipinski definition) is 1. The van der Waals surface area contributed by atoms with E-state index in [9.17, 15) is 4.79 Å². The van der Waals surface area contributed by atoms with Gasteiger partial charge in [0.05, 0.1) is 15.7 Å². The van der Waals surface area contributed by atoms with Crippen LogP contribution >= 0.6 is 35.6 Å². The predicted molar refractivity (Wildman–Crippen MR) is 98.8 cm³/mol. The minimum absolute atomic E-state index is 0. The molecule has 2 unspecified atom stereocenters. The van der Waals surface area contributed by atoms with Crippen LogP contribution in [0.1, 0.15) is 24.3 Å². The number of carbonyl (C=O) groups is 1. The molecule has 1 aliphatic heterocycles. The Hall–Kier alpha value is -1.27. The van der Waals surface area contributed by atoms with Crippen molar-refractivity contribution in [2.24, 2.45) is 0 Å². The highest BCUT2D eigenvalue weighted by Gasteiger charge is 2.29. The largest absolute Gasteiger partial charge is 0.332 e. The van der Waals surface area contributed by atoms with E-state index >= 15 is 0 Å². The van der Waals surface area contributed by atoms with Crippen molar-refractivity contribution in [2.45, 2.75) is 25.9 Å². The van der Waals surface area contributed by atoms with Crippen LogP contribution < -0.4 is 5.32 Å². The summed E-state index contributed by atoms with van der Waals surface area (Å²) >= 11 is 12.0. The molecule has 0 saturated carbocycles. The normalized spacial score (nSPS) is 20.6. The fourth-order valence-corrected chi connectivity index (χ4v) is 2.99. The lowest BCUT2D eigenvalue weighted by Crippen LogP contribution is -2.57. The first-order valence-electron chi connectivity index (χ1n) is 7.53. The minimum Gasteiger partial charge on any atom is -0.332 e. The van der Waals surface area contributed by atoms with Gasteiger partial charge >= 0.3 is 0 Å². The van der Waals surface area contributed by atoms with Crippen LogP contribution in [-0.4, -0.2) is 45.8 Å². The zero-order valence-corrected chi connectivity index (χ0v) is 15.7. The maximum absolute atomic E-state index is 12.7. The predicted octanol–water partition coefficient (Wildman–Crippen LogP) is 3.42. The molecule has 2 heterocycles. The Morgan fingerprint density at radius 1 is 1.25 bits per heavy atom. The van der Waals surface area contributed by atoms with Crippen LogP contribution in [0.2, 0.25) is 10.0 Å². The number of piperazine rings is 1. The van der Waals surface area contributed by atoms with Crippen LogP contribution in [0.4, 0.5) is 0 Å². The van der Waals surface area contributed by atoms with Gasteiger partial charge in [-0.05, 0) is 38.1 Å². The smallest absolute Gasteiger partial charge is 0.274 e. The highest BCUT2D eigenvalue weighted by Crippen LogP contribution is 2.24. The van der Waals surface area contributed by atoms with Crippen molar-refractivity contribution in [1.82, 2.24) is 20.0 Å². The summed E-state index contributed by atoms with van der Waals surface area (Å²) in [6.07, 6.45) is 1.75. The summed E-state index contributed by atoms with van der Waals surface area (Å²) < 4.78 is 1.63. The molecule has 2 aromatic rings. The first kappa shape index (κ1) is 19.1. The lowest BCUT2D eigenvalue weighted by Gasteiger charge is -2.38. The molecule has 0 bridgehead atoms. The lowest BCUT2D eigenvalue weighted by atomic mass is 10.1. The molecular weight excluding hydrogens is 371 g/mol. The number of benzene rings is 1. The molecule has 1 saturated heterocycles. The lowest BCUT2D eigenvalue weighted by molar-refractivity contribution is 0.0596. The van der Waals surface area contributed by atoms with Crippen LogP contribution in [-0.2, 0) is 0 Å². The van der Waals surface area contributed by atoms with Crippen molar-refractivity contribution in [2.75, 3.05) is 13.1 Å². The Labute approximate surface area is 157 Å². The van der Waals surface area contributed by atoms with Gasteiger partial charge in [-0.2, -0.15) is 5.10 Å². The van der Waals surface area contributed by atoms with E-state index in [1.165, 1.54) is 0 Å². The zero-order chi connectivity index (χ0) is 16.6. The SMILES string of the molecule is CC1NCCN(C(=O)c2ccn(-c3ccc(Cl)c(Cl)c3)n2)C1C.Cl. The molecular formula is C16H19Cl3N4O. The van der Waals surface area contributed by atoms with Crippen LogP contribution in [0.25, 0.3) is 5.69 Å². The van der Waals surface area contributed by atoms with Gasteiger partial charge in [0, 0.05) is 31.4 Å². The van der Waals surface area contributed by atoms with Gasteiger partial charge < -0.3 is 10.2 Å². The molecule has 0 spiro atoms. The molecule has 5 nitrogen and oxygen atoms in total. The van der Waals surface area contributed by atoms with Gasteiger partial charge in [0.2, 0.25) is 0 Å². The Morgan fingerprint density at radius 2 is 2.00 bits per heavy atom. The highest BCUT2D eigenvalue weighted by molar-refractivity contribution is 6.42.